The molecule has 0 aliphatic carbocycles. The van der Waals surface area contributed by atoms with Crippen molar-refractivity contribution in [2.75, 3.05) is 11.9 Å². The summed E-state index contributed by atoms with van der Waals surface area (Å²) in [6, 6.07) is 17.1. The molecule has 0 aromatic heterocycles. The average molecular weight is 255 g/mol. The molecule has 19 heavy (non-hydrogen) atoms. The Morgan fingerprint density at radius 2 is 1.89 bits per heavy atom. The topological polar surface area (TPSA) is 38.3 Å². The lowest BCUT2D eigenvalue weighted by molar-refractivity contribution is -0.118. The molecule has 0 heterocycles. The number of ether oxygens (including phenoxy) is 1. The second-order valence-corrected chi connectivity index (χ2v) is 4.20. The van der Waals surface area contributed by atoms with Crippen molar-refractivity contribution in [3.05, 3.63) is 60.2 Å². The molecule has 0 radical (unpaired) electrons. The number of benzene rings is 2. The van der Waals surface area contributed by atoms with E-state index in [0.29, 0.717) is 0 Å². The summed E-state index contributed by atoms with van der Waals surface area (Å²) >= 11 is 0. The molecular weight excluding hydrogens is 238 g/mol. The van der Waals surface area contributed by atoms with Gasteiger partial charge in [0.05, 0.1) is 0 Å². The Kier molecular flexibility index (Phi) is 4.56. The first kappa shape index (κ1) is 13.1. The van der Waals surface area contributed by atoms with E-state index in [4.69, 9.17) is 4.74 Å². The van der Waals surface area contributed by atoms with Crippen LogP contribution in [-0.2, 0) is 11.2 Å². The molecule has 2 rings (SSSR count). The van der Waals surface area contributed by atoms with Crippen LogP contribution in [0.1, 0.15) is 12.5 Å². The van der Waals surface area contributed by atoms with Crippen LogP contribution in [0.5, 0.6) is 5.75 Å². The quantitative estimate of drug-likeness (QED) is 0.890. The monoisotopic (exact) mass is 255 g/mol. The van der Waals surface area contributed by atoms with Crippen molar-refractivity contribution in [3.8, 4) is 5.75 Å². The van der Waals surface area contributed by atoms with E-state index in [0.717, 1.165) is 17.9 Å². The van der Waals surface area contributed by atoms with Crippen LogP contribution in [-0.4, -0.2) is 12.5 Å². The molecule has 0 unspecified atom stereocenters. The zero-order chi connectivity index (χ0) is 13.5. The van der Waals surface area contributed by atoms with Crippen LogP contribution in [0.3, 0.4) is 0 Å². The van der Waals surface area contributed by atoms with Gasteiger partial charge in [0.1, 0.15) is 5.75 Å². The van der Waals surface area contributed by atoms with Crippen molar-refractivity contribution >= 4 is 11.6 Å². The fraction of sp³-hybridized carbons (Fsp3) is 0.188. The molecule has 1 N–H and O–H groups in total. The summed E-state index contributed by atoms with van der Waals surface area (Å²) in [5.74, 6) is 0.565. The fourth-order valence-electron chi connectivity index (χ4n) is 1.72. The number of hydrogen-bond acceptors (Lipinski definition) is 2. The Hall–Kier alpha value is -2.29. The third-order valence-corrected chi connectivity index (χ3v) is 2.73. The van der Waals surface area contributed by atoms with Crippen LogP contribution in [0.4, 0.5) is 5.69 Å². The fourth-order valence-corrected chi connectivity index (χ4v) is 1.72. The molecule has 3 heteroatoms. The van der Waals surface area contributed by atoms with Crippen LogP contribution in [0.25, 0.3) is 0 Å². The molecule has 98 valence electrons. The van der Waals surface area contributed by atoms with Crippen molar-refractivity contribution in [2.45, 2.75) is 13.3 Å². The lowest BCUT2D eigenvalue weighted by Gasteiger charge is -2.08. The molecule has 0 fully saturated rings. The maximum Gasteiger partial charge on any atom is 0.262 e. The summed E-state index contributed by atoms with van der Waals surface area (Å²) in [6.45, 7) is 2.10. The van der Waals surface area contributed by atoms with Gasteiger partial charge in [-0.05, 0) is 36.2 Å². The molecule has 0 aliphatic heterocycles. The number of aryl methyl sites for hydroxylation is 1. The second-order valence-electron chi connectivity index (χ2n) is 4.20. The van der Waals surface area contributed by atoms with Crippen LogP contribution in [0.15, 0.2) is 54.6 Å². The van der Waals surface area contributed by atoms with Gasteiger partial charge in [-0.25, -0.2) is 0 Å². The molecule has 3 nitrogen and oxygen atoms in total. The minimum absolute atomic E-state index is 0.0159. The van der Waals surface area contributed by atoms with Gasteiger partial charge in [0, 0.05) is 5.69 Å². The van der Waals surface area contributed by atoms with Gasteiger partial charge >= 0.3 is 0 Å². The number of rotatable bonds is 5. The number of carbonyl (C=O) groups excluding carboxylic acids is 1. The van der Waals surface area contributed by atoms with E-state index in [2.05, 4.69) is 12.2 Å². The Morgan fingerprint density at radius 3 is 2.63 bits per heavy atom. The minimum Gasteiger partial charge on any atom is -0.484 e. The van der Waals surface area contributed by atoms with Crippen LogP contribution < -0.4 is 10.1 Å². The molecule has 1 amide bonds. The smallest absolute Gasteiger partial charge is 0.262 e. The summed E-state index contributed by atoms with van der Waals surface area (Å²) < 4.78 is 5.47. The SMILES string of the molecule is CCc1cccc(OCC(=O)Nc2ccccc2)c1. The van der Waals surface area contributed by atoms with E-state index >= 15 is 0 Å². The maximum atomic E-state index is 11.7. The van der Waals surface area contributed by atoms with Gasteiger partial charge < -0.3 is 10.1 Å². The Bertz CT molecular complexity index is 537. The van der Waals surface area contributed by atoms with Crippen LogP contribution in [0.2, 0.25) is 0 Å². The van der Waals surface area contributed by atoms with E-state index in [1.54, 1.807) is 0 Å². The molecule has 0 atom stereocenters. The third kappa shape index (κ3) is 4.14. The van der Waals surface area contributed by atoms with Gasteiger partial charge in [-0.15, -0.1) is 0 Å². The number of anilines is 1. The highest BCUT2D eigenvalue weighted by molar-refractivity contribution is 5.91. The van der Waals surface area contributed by atoms with Gasteiger partial charge in [0.15, 0.2) is 6.61 Å². The van der Waals surface area contributed by atoms with Crippen LogP contribution in [0, 0.1) is 0 Å². The van der Waals surface area contributed by atoms with Gasteiger partial charge in [0.25, 0.3) is 5.91 Å². The van der Waals surface area contributed by atoms with Crippen LogP contribution >= 0.6 is 0 Å². The second kappa shape index (κ2) is 6.59. The van der Waals surface area contributed by atoms with E-state index in [1.165, 1.54) is 5.56 Å². The minimum atomic E-state index is -0.159. The zero-order valence-electron chi connectivity index (χ0n) is 10.9. The molecule has 0 saturated carbocycles. The lowest BCUT2D eigenvalue weighted by Crippen LogP contribution is -2.20. The molecule has 0 aliphatic rings. The summed E-state index contributed by atoms with van der Waals surface area (Å²) in [4.78, 5) is 11.7. The molecule has 2 aromatic carbocycles. The van der Waals surface area contributed by atoms with Crippen molar-refractivity contribution in [2.24, 2.45) is 0 Å². The molecule has 0 saturated heterocycles. The van der Waals surface area contributed by atoms with Crippen molar-refractivity contribution < 1.29 is 9.53 Å². The van der Waals surface area contributed by atoms with Gasteiger partial charge in [0.2, 0.25) is 0 Å². The predicted octanol–water partition coefficient (Wildman–Crippen LogP) is 3.27. The average Bonchev–Trinajstić information content (AvgIpc) is 2.46. The number of amides is 1. The van der Waals surface area contributed by atoms with E-state index < -0.39 is 0 Å². The highest BCUT2D eigenvalue weighted by Gasteiger charge is 2.03. The maximum absolute atomic E-state index is 11.7. The van der Waals surface area contributed by atoms with Crippen molar-refractivity contribution in [1.82, 2.24) is 0 Å². The Morgan fingerprint density at radius 1 is 1.11 bits per heavy atom. The predicted molar refractivity (Wildman–Crippen MR) is 76.4 cm³/mol. The van der Waals surface area contributed by atoms with Crippen molar-refractivity contribution in [3.63, 3.8) is 0 Å². The molecule has 0 bridgehead atoms. The standard InChI is InChI=1S/C16H17NO2/c1-2-13-7-6-10-15(11-13)19-12-16(18)17-14-8-4-3-5-9-14/h3-11H,2,12H2,1H3,(H,17,18). The highest BCUT2D eigenvalue weighted by Crippen LogP contribution is 2.13. The van der Waals surface area contributed by atoms with Gasteiger partial charge in [-0.2, -0.15) is 0 Å². The Balaban J connectivity index is 1.86. The normalized spacial score (nSPS) is 9.95. The van der Waals surface area contributed by atoms with E-state index in [9.17, 15) is 4.79 Å². The molecular formula is C16H17NO2. The summed E-state index contributed by atoms with van der Waals surface area (Å²) in [5, 5.41) is 2.78. The Labute approximate surface area is 113 Å². The van der Waals surface area contributed by atoms with E-state index in [-0.39, 0.29) is 12.5 Å². The summed E-state index contributed by atoms with van der Waals surface area (Å²) in [6.07, 6.45) is 0.952. The first-order valence-electron chi connectivity index (χ1n) is 6.34. The summed E-state index contributed by atoms with van der Waals surface area (Å²) in [7, 11) is 0. The number of carbonyl (C=O) groups is 1. The molecule has 0 spiro atoms. The van der Waals surface area contributed by atoms with Crippen molar-refractivity contribution in [1.29, 1.82) is 0 Å². The van der Waals surface area contributed by atoms with E-state index in [1.807, 2.05) is 54.6 Å². The molecule has 2 aromatic rings. The van der Waals surface area contributed by atoms with Gasteiger partial charge in [-0.3, -0.25) is 4.79 Å². The summed E-state index contributed by atoms with van der Waals surface area (Å²) in [5.41, 5.74) is 1.97. The zero-order valence-corrected chi connectivity index (χ0v) is 10.9. The van der Waals surface area contributed by atoms with Gasteiger partial charge in [-0.1, -0.05) is 37.3 Å². The number of hydrogen-bond donors (Lipinski definition) is 1. The largest absolute Gasteiger partial charge is 0.484 e. The first-order valence-corrected chi connectivity index (χ1v) is 6.34. The number of nitrogens with one attached hydrogen (secondary N) is 1. The first-order chi connectivity index (χ1) is 9.28. The highest BCUT2D eigenvalue weighted by atomic mass is 16.5. The number of para-hydroxylation sites is 1. The lowest BCUT2D eigenvalue weighted by atomic mass is 10.2. The third-order valence-electron chi connectivity index (χ3n) is 2.73.